The SMILES string of the molecule is CCCCCCCCCCCC/C=C/[C@@H](O)[C@H](CO[C@@H]1O[C@H](CO)[C@H](O)C(O)C1O)NC(=O)CCCCCCCCC. The summed E-state index contributed by atoms with van der Waals surface area (Å²) in [5.74, 6) is -0.187. The molecule has 0 aliphatic carbocycles. The largest absolute Gasteiger partial charge is 0.394 e. The normalized spacial score (nSPS) is 24.2. The maximum Gasteiger partial charge on any atom is 0.220 e. The van der Waals surface area contributed by atoms with Crippen molar-refractivity contribution in [3.05, 3.63) is 12.2 Å². The van der Waals surface area contributed by atoms with Crippen LogP contribution in [0.4, 0.5) is 0 Å². The van der Waals surface area contributed by atoms with Crippen LogP contribution in [-0.4, -0.2) is 87.5 Å². The average molecular weight is 602 g/mol. The van der Waals surface area contributed by atoms with Crippen molar-refractivity contribution in [1.29, 1.82) is 0 Å². The molecule has 0 saturated carbocycles. The summed E-state index contributed by atoms with van der Waals surface area (Å²) in [6, 6.07) is -0.793. The van der Waals surface area contributed by atoms with Crippen molar-refractivity contribution in [2.75, 3.05) is 13.2 Å². The number of aliphatic hydroxyl groups is 5. The summed E-state index contributed by atoms with van der Waals surface area (Å²) in [5, 5.41) is 53.5. The summed E-state index contributed by atoms with van der Waals surface area (Å²) in [5.41, 5.74) is 0. The molecule has 1 heterocycles. The molecule has 1 aliphatic heterocycles. The number of carbonyl (C=O) groups excluding carboxylic acids is 1. The predicted octanol–water partition coefficient (Wildman–Crippen LogP) is 4.66. The van der Waals surface area contributed by atoms with Gasteiger partial charge in [-0.1, -0.05) is 122 Å². The van der Waals surface area contributed by atoms with Crippen molar-refractivity contribution in [2.24, 2.45) is 0 Å². The van der Waals surface area contributed by atoms with Crippen LogP contribution in [0.15, 0.2) is 12.2 Å². The maximum atomic E-state index is 12.7. The third-order valence-electron chi connectivity index (χ3n) is 8.11. The lowest BCUT2D eigenvalue weighted by molar-refractivity contribution is -0.302. The minimum Gasteiger partial charge on any atom is -0.394 e. The van der Waals surface area contributed by atoms with E-state index < -0.39 is 49.5 Å². The Hall–Kier alpha value is -1.07. The predicted molar refractivity (Wildman–Crippen MR) is 166 cm³/mol. The minimum absolute atomic E-state index is 0.185. The van der Waals surface area contributed by atoms with Gasteiger partial charge in [0.25, 0.3) is 0 Å². The quantitative estimate of drug-likeness (QED) is 0.0620. The Morgan fingerprint density at radius 3 is 1.86 bits per heavy atom. The van der Waals surface area contributed by atoms with Gasteiger partial charge in [-0.2, -0.15) is 0 Å². The topological polar surface area (TPSA) is 149 Å². The number of ether oxygens (including phenoxy) is 2. The van der Waals surface area contributed by atoms with Crippen LogP contribution >= 0.6 is 0 Å². The number of carbonyl (C=O) groups is 1. The maximum absolute atomic E-state index is 12.7. The molecule has 248 valence electrons. The van der Waals surface area contributed by atoms with E-state index in [0.29, 0.717) is 6.42 Å². The summed E-state index contributed by atoms with van der Waals surface area (Å²) in [6.45, 7) is 3.67. The summed E-state index contributed by atoms with van der Waals surface area (Å²) in [7, 11) is 0. The van der Waals surface area contributed by atoms with E-state index in [4.69, 9.17) is 9.47 Å². The fraction of sp³-hybridized carbons (Fsp3) is 0.909. The van der Waals surface area contributed by atoms with Gasteiger partial charge >= 0.3 is 0 Å². The number of hydrogen-bond acceptors (Lipinski definition) is 8. The Balaban J connectivity index is 2.53. The molecule has 1 saturated heterocycles. The Kier molecular flexibility index (Phi) is 23.4. The zero-order chi connectivity index (χ0) is 31.0. The first kappa shape index (κ1) is 39.0. The molecule has 9 nitrogen and oxygen atoms in total. The first-order valence-electron chi connectivity index (χ1n) is 16.9. The molecule has 0 spiro atoms. The van der Waals surface area contributed by atoms with Crippen LogP contribution in [0, 0.1) is 0 Å². The van der Waals surface area contributed by atoms with Crippen LogP contribution in [0.2, 0.25) is 0 Å². The lowest BCUT2D eigenvalue weighted by Crippen LogP contribution is -2.60. The summed E-state index contributed by atoms with van der Waals surface area (Å²) >= 11 is 0. The van der Waals surface area contributed by atoms with E-state index in [1.807, 2.05) is 6.08 Å². The molecule has 1 aliphatic rings. The molecule has 0 radical (unpaired) electrons. The first-order valence-corrected chi connectivity index (χ1v) is 16.9. The lowest BCUT2D eigenvalue weighted by atomic mass is 9.99. The summed E-state index contributed by atoms with van der Waals surface area (Å²) in [4.78, 5) is 12.7. The Morgan fingerprint density at radius 2 is 1.31 bits per heavy atom. The van der Waals surface area contributed by atoms with Gasteiger partial charge in [-0.25, -0.2) is 0 Å². The highest BCUT2D eigenvalue weighted by molar-refractivity contribution is 5.76. The fourth-order valence-electron chi connectivity index (χ4n) is 5.27. The number of allylic oxidation sites excluding steroid dienone is 1. The van der Waals surface area contributed by atoms with E-state index in [9.17, 15) is 30.3 Å². The van der Waals surface area contributed by atoms with Crippen LogP contribution in [0.5, 0.6) is 0 Å². The standard InChI is InChI=1S/C33H63NO8/c1-3-5-7-9-11-12-13-14-15-17-18-20-22-27(36)26(34-29(37)23-21-19-16-10-8-6-4-2)25-41-33-32(40)31(39)30(38)28(24-35)42-33/h20,22,26-28,30-33,35-36,38-40H,3-19,21,23-25H2,1-2H3,(H,34,37)/b22-20+/t26-,27+,28+,30-,31?,32?,33+/m0/s1. The van der Waals surface area contributed by atoms with Crippen LogP contribution in [0.1, 0.15) is 136 Å². The number of hydrogen-bond donors (Lipinski definition) is 6. The molecule has 0 bridgehead atoms. The highest BCUT2D eigenvalue weighted by atomic mass is 16.7. The van der Waals surface area contributed by atoms with Gasteiger partial charge in [0.15, 0.2) is 6.29 Å². The zero-order valence-corrected chi connectivity index (χ0v) is 26.5. The van der Waals surface area contributed by atoms with Crippen LogP contribution in [0.3, 0.4) is 0 Å². The highest BCUT2D eigenvalue weighted by Gasteiger charge is 2.44. The van der Waals surface area contributed by atoms with E-state index in [1.165, 1.54) is 77.0 Å². The van der Waals surface area contributed by atoms with Crippen molar-refractivity contribution in [3.63, 3.8) is 0 Å². The Bertz CT molecular complexity index is 676. The smallest absolute Gasteiger partial charge is 0.220 e. The monoisotopic (exact) mass is 601 g/mol. The lowest BCUT2D eigenvalue weighted by Gasteiger charge is -2.40. The molecule has 0 aromatic carbocycles. The van der Waals surface area contributed by atoms with Crippen LogP contribution in [0.25, 0.3) is 0 Å². The molecular weight excluding hydrogens is 538 g/mol. The second-order valence-corrected chi connectivity index (χ2v) is 12.0. The number of nitrogens with one attached hydrogen (secondary N) is 1. The van der Waals surface area contributed by atoms with E-state index in [1.54, 1.807) is 6.08 Å². The number of amides is 1. The molecule has 7 atom stereocenters. The number of aliphatic hydroxyl groups excluding tert-OH is 5. The van der Waals surface area contributed by atoms with Crippen molar-refractivity contribution < 1.29 is 39.8 Å². The van der Waals surface area contributed by atoms with Crippen molar-refractivity contribution >= 4 is 5.91 Å². The first-order chi connectivity index (χ1) is 20.3. The molecule has 42 heavy (non-hydrogen) atoms. The molecule has 0 aromatic heterocycles. The van der Waals surface area contributed by atoms with E-state index in [0.717, 1.165) is 38.5 Å². The molecule has 1 amide bonds. The van der Waals surface area contributed by atoms with E-state index in [2.05, 4.69) is 19.2 Å². The molecular formula is C33H63NO8. The van der Waals surface area contributed by atoms with Gasteiger partial charge in [-0.3, -0.25) is 4.79 Å². The molecule has 1 rings (SSSR count). The Morgan fingerprint density at radius 1 is 0.786 bits per heavy atom. The fourth-order valence-corrected chi connectivity index (χ4v) is 5.27. The second kappa shape index (κ2) is 25.3. The van der Waals surface area contributed by atoms with Gasteiger partial charge in [-0.15, -0.1) is 0 Å². The average Bonchev–Trinajstić information content (AvgIpc) is 2.98. The van der Waals surface area contributed by atoms with Gasteiger partial charge in [0, 0.05) is 6.42 Å². The van der Waals surface area contributed by atoms with Crippen LogP contribution < -0.4 is 5.32 Å². The van der Waals surface area contributed by atoms with E-state index >= 15 is 0 Å². The van der Waals surface area contributed by atoms with Gasteiger partial charge in [0.2, 0.25) is 5.91 Å². The van der Waals surface area contributed by atoms with Gasteiger partial charge in [0.1, 0.15) is 24.4 Å². The zero-order valence-electron chi connectivity index (χ0n) is 26.5. The highest BCUT2D eigenvalue weighted by Crippen LogP contribution is 2.22. The molecule has 2 unspecified atom stereocenters. The summed E-state index contributed by atoms with van der Waals surface area (Å²) in [6.07, 6.45) is 17.0. The van der Waals surface area contributed by atoms with Gasteiger partial charge in [-0.05, 0) is 19.3 Å². The molecule has 1 fully saturated rings. The minimum atomic E-state index is -1.56. The summed E-state index contributed by atoms with van der Waals surface area (Å²) < 4.78 is 11.1. The van der Waals surface area contributed by atoms with Crippen LogP contribution in [-0.2, 0) is 14.3 Å². The molecule has 9 heteroatoms. The van der Waals surface area contributed by atoms with Crippen molar-refractivity contribution in [3.8, 4) is 0 Å². The molecule has 0 aromatic rings. The van der Waals surface area contributed by atoms with Crippen molar-refractivity contribution in [2.45, 2.75) is 179 Å². The van der Waals surface area contributed by atoms with Crippen molar-refractivity contribution in [1.82, 2.24) is 5.32 Å². The third kappa shape index (κ3) is 17.3. The van der Waals surface area contributed by atoms with E-state index in [-0.39, 0.29) is 12.5 Å². The molecule has 6 N–H and O–H groups in total. The Labute approximate surface area is 255 Å². The number of unbranched alkanes of at least 4 members (excludes halogenated alkanes) is 16. The van der Waals surface area contributed by atoms with Gasteiger partial charge < -0.3 is 40.3 Å². The second-order valence-electron chi connectivity index (χ2n) is 12.0. The van der Waals surface area contributed by atoms with Gasteiger partial charge in [0.05, 0.1) is 25.4 Å². The third-order valence-corrected chi connectivity index (χ3v) is 8.11. The number of rotatable bonds is 26.